The van der Waals surface area contributed by atoms with E-state index in [9.17, 15) is 0 Å². The Balaban J connectivity index is 2.37. The number of hydrogen-bond donors (Lipinski definition) is 1. The smallest absolute Gasteiger partial charge is 0.175 e. The fourth-order valence-corrected chi connectivity index (χ4v) is 1.80. The number of hydrogen-bond acceptors (Lipinski definition) is 3. The summed E-state index contributed by atoms with van der Waals surface area (Å²) in [7, 11) is 0. The van der Waals surface area contributed by atoms with Gasteiger partial charge in [-0.25, -0.2) is 0 Å². The molecule has 0 aliphatic rings. The molecular formula is C10H5Cl4N3. The van der Waals surface area contributed by atoms with Gasteiger partial charge < -0.3 is 5.32 Å². The van der Waals surface area contributed by atoms with Crippen LogP contribution in [0.3, 0.4) is 0 Å². The zero-order valence-corrected chi connectivity index (χ0v) is 11.2. The third kappa shape index (κ3) is 3.13. The van der Waals surface area contributed by atoms with Crippen molar-refractivity contribution < 1.29 is 0 Å². The summed E-state index contributed by atoms with van der Waals surface area (Å²) < 4.78 is 0. The highest BCUT2D eigenvalue weighted by atomic mass is 35.5. The molecule has 0 spiro atoms. The van der Waals surface area contributed by atoms with Gasteiger partial charge in [0.15, 0.2) is 10.3 Å². The molecule has 17 heavy (non-hydrogen) atoms. The Labute approximate surface area is 118 Å². The standard InChI is InChI=1S/C10H5Cl4N3/c11-5-1-2-6(12)7(3-5)15-8-4-9(13)16-17-10(8)14/h1-4H,(H,15,16). The van der Waals surface area contributed by atoms with Crippen LogP contribution < -0.4 is 5.32 Å². The summed E-state index contributed by atoms with van der Waals surface area (Å²) in [6.07, 6.45) is 0. The molecule has 1 aromatic carbocycles. The summed E-state index contributed by atoms with van der Waals surface area (Å²) in [5.41, 5.74) is 1.13. The number of nitrogens with zero attached hydrogens (tertiary/aromatic N) is 2. The number of benzene rings is 1. The van der Waals surface area contributed by atoms with Crippen LogP contribution in [0.2, 0.25) is 20.4 Å². The monoisotopic (exact) mass is 307 g/mol. The van der Waals surface area contributed by atoms with E-state index in [4.69, 9.17) is 46.4 Å². The minimum absolute atomic E-state index is 0.199. The van der Waals surface area contributed by atoms with Crippen molar-refractivity contribution in [2.75, 3.05) is 5.32 Å². The SMILES string of the molecule is Clc1ccc(Cl)c(Nc2cc(Cl)nnc2Cl)c1. The van der Waals surface area contributed by atoms with E-state index in [1.807, 2.05) is 0 Å². The molecule has 2 aromatic rings. The summed E-state index contributed by atoms with van der Waals surface area (Å²) >= 11 is 23.5. The first-order valence-corrected chi connectivity index (χ1v) is 5.98. The van der Waals surface area contributed by atoms with Crippen LogP contribution in [0, 0.1) is 0 Å². The molecule has 3 nitrogen and oxygen atoms in total. The molecule has 1 N–H and O–H groups in total. The molecule has 0 saturated carbocycles. The molecule has 0 atom stereocenters. The van der Waals surface area contributed by atoms with Gasteiger partial charge in [0.25, 0.3) is 0 Å². The van der Waals surface area contributed by atoms with Crippen LogP contribution in [-0.2, 0) is 0 Å². The lowest BCUT2D eigenvalue weighted by Gasteiger charge is -2.09. The van der Waals surface area contributed by atoms with Crippen molar-refractivity contribution in [3.8, 4) is 0 Å². The van der Waals surface area contributed by atoms with Crippen molar-refractivity contribution in [2.24, 2.45) is 0 Å². The second kappa shape index (κ2) is 5.27. The molecule has 2 rings (SSSR count). The first-order chi connectivity index (χ1) is 8.06. The fraction of sp³-hybridized carbons (Fsp3) is 0. The van der Waals surface area contributed by atoms with Crippen LogP contribution in [0.1, 0.15) is 0 Å². The van der Waals surface area contributed by atoms with Crippen molar-refractivity contribution in [2.45, 2.75) is 0 Å². The number of nitrogens with one attached hydrogen (secondary N) is 1. The van der Waals surface area contributed by atoms with Crippen LogP contribution in [0.4, 0.5) is 11.4 Å². The topological polar surface area (TPSA) is 37.8 Å². The molecule has 0 fully saturated rings. The van der Waals surface area contributed by atoms with Crippen molar-refractivity contribution >= 4 is 57.8 Å². The predicted octanol–water partition coefficient (Wildman–Crippen LogP) is 4.83. The Morgan fingerprint density at radius 3 is 2.41 bits per heavy atom. The molecule has 0 aliphatic carbocycles. The van der Waals surface area contributed by atoms with E-state index < -0.39 is 0 Å². The lowest BCUT2D eigenvalue weighted by Crippen LogP contribution is -1.95. The number of aromatic nitrogens is 2. The second-order valence-corrected chi connectivity index (χ2v) is 4.71. The molecule has 0 saturated heterocycles. The third-order valence-corrected chi connectivity index (χ3v) is 2.95. The molecule has 7 heteroatoms. The number of anilines is 2. The molecule has 88 valence electrons. The van der Waals surface area contributed by atoms with Gasteiger partial charge in [-0.05, 0) is 18.2 Å². The Bertz CT molecular complexity index is 510. The average Bonchev–Trinajstić information content (AvgIpc) is 2.28. The molecule has 0 amide bonds. The van der Waals surface area contributed by atoms with Crippen molar-refractivity contribution in [1.82, 2.24) is 10.2 Å². The molecule has 0 bridgehead atoms. The Hall–Kier alpha value is -0.740. The number of rotatable bonds is 2. The molecule has 1 heterocycles. The first-order valence-electron chi connectivity index (χ1n) is 4.47. The van der Waals surface area contributed by atoms with Gasteiger partial charge in [0.05, 0.1) is 16.4 Å². The highest BCUT2D eigenvalue weighted by Crippen LogP contribution is 2.31. The van der Waals surface area contributed by atoms with Gasteiger partial charge in [0.2, 0.25) is 0 Å². The predicted molar refractivity (Wildman–Crippen MR) is 71.8 cm³/mol. The zero-order valence-electron chi connectivity index (χ0n) is 8.22. The van der Waals surface area contributed by atoms with E-state index in [2.05, 4.69) is 15.5 Å². The van der Waals surface area contributed by atoms with Crippen molar-refractivity contribution in [3.63, 3.8) is 0 Å². The van der Waals surface area contributed by atoms with Crippen molar-refractivity contribution in [3.05, 3.63) is 44.6 Å². The van der Waals surface area contributed by atoms with Gasteiger partial charge in [-0.15, -0.1) is 10.2 Å². The van der Waals surface area contributed by atoms with E-state index in [0.29, 0.717) is 21.4 Å². The maximum atomic E-state index is 6.01. The van der Waals surface area contributed by atoms with E-state index in [0.717, 1.165) is 0 Å². The van der Waals surface area contributed by atoms with E-state index >= 15 is 0 Å². The largest absolute Gasteiger partial charge is 0.352 e. The van der Waals surface area contributed by atoms with Crippen LogP contribution in [-0.4, -0.2) is 10.2 Å². The molecule has 1 aromatic heterocycles. The molecule has 0 unspecified atom stereocenters. The molecule has 0 aliphatic heterocycles. The van der Waals surface area contributed by atoms with Gasteiger partial charge in [0, 0.05) is 11.1 Å². The Morgan fingerprint density at radius 2 is 1.65 bits per heavy atom. The maximum Gasteiger partial charge on any atom is 0.175 e. The lowest BCUT2D eigenvalue weighted by molar-refractivity contribution is 1.03. The van der Waals surface area contributed by atoms with Crippen molar-refractivity contribution in [1.29, 1.82) is 0 Å². The summed E-state index contributed by atoms with van der Waals surface area (Å²) in [5, 5.41) is 11.8. The maximum absolute atomic E-state index is 6.01. The van der Waals surface area contributed by atoms with Gasteiger partial charge in [0.1, 0.15) is 0 Å². The summed E-state index contributed by atoms with van der Waals surface area (Å²) in [5.74, 6) is 0. The Morgan fingerprint density at radius 1 is 0.882 bits per heavy atom. The quantitative estimate of drug-likeness (QED) is 0.863. The van der Waals surface area contributed by atoms with Gasteiger partial charge in [-0.1, -0.05) is 46.4 Å². The second-order valence-electron chi connectivity index (χ2n) is 3.12. The minimum atomic E-state index is 0.199. The van der Waals surface area contributed by atoms with E-state index in [1.54, 1.807) is 24.3 Å². The van der Waals surface area contributed by atoms with Crippen LogP contribution in [0.5, 0.6) is 0 Å². The zero-order chi connectivity index (χ0) is 12.4. The summed E-state index contributed by atoms with van der Waals surface area (Å²) in [6, 6.07) is 6.59. The summed E-state index contributed by atoms with van der Waals surface area (Å²) in [4.78, 5) is 0. The number of halogens is 4. The Kier molecular flexibility index (Phi) is 3.94. The van der Waals surface area contributed by atoms with Gasteiger partial charge in [-0.2, -0.15) is 0 Å². The first kappa shape index (κ1) is 12.7. The van der Waals surface area contributed by atoms with Gasteiger partial charge >= 0.3 is 0 Å². The minimum Gasteiger partial charge on any atom is -0.352 e. The normalized spacial score (nSPS) is 10.4. The van der Waals surface area contributed by atoms with Crippen LogP contribution >= 0.6 is 46.4 Å². The highest BCUT2D eigenvalue weighted by molar-refractivity contribution is 6.36. The third-order valence-electron chi connectivity index (χ3n) is 1.92. The molecular weight excluding hydrogens is 304 g/mol. The van der Waals surface area contributed by atoms with Crippen LogP contribution in [0.25, 0.3) is 0 Å². The molecule has 0 radical (unpaired) electrons. The highest BCUT2D eigenvalue weighted by Gasteiger charge is 2.07. The summed E-state index contributed by atoms with van der Waals surface area (Å²) in [6.45, 7) is 0. The fourth-order valence-electron chi connectivity index (χ4n) is 1.18. The van der Waals surface area contributed by atoms with Crippen LogP contribution in [0.15, 0.2) is 24.3 Å². The van der Waals surface area contributed by atoms with E-state index in [1.165, 1.54) is 0 Å². The van der Waals surface area contributed by atoms with E-state index in [-0.39, 0.29) is 10.3 Å². The average molecular weight is 309 g/mol. The van der Waals surface area contributed by atoms with Gasteiger partial charge in [-0.3, -0.25) is 0 Å². The lowest BCUT2D eigenvalue weighted by atomic mass is 10.3.